The van der Waals surface area contributed by atoms with Gasteiger partial charge in [0.2, 0.25) is 0 Å². The summed E-state index contributed by atoms with van der Waals surface area (Å²) in [6.07, 6.45) is 0. The lowest BCUT2D eigenvalue weighted by atomic mass is 9.88. The fraction of sp³-hybridized carbons (Fsp3) is 0.600. The van der Waals surface area contributed by atoms with Crippen LogP contribution in [-0.4, -0.2) is 36.8 Å². The minimum absolute atomic E-state index is 0.293. The largest absolute Gasteiger partial charge is 0.396 e. The van der Waals surface area contributed by atoms with Gasteiger partial charge in [0.1, 0.15) is 0 Å². The molecule has 0 radical (unpaired) electrons. The summed E-state index contributed by atoms with van der Waals surface area (Å²) < 4.78 is 0. The van der Waals surface area contributed by atoms with E-state index in [0.717, 1.165) is 13.1 Å². The lowest BCUT2D eigenvalue weighted by molar-refractivity contribution is 0.219. The molecule has 1 saturated heterocycles. The maximum absolute atomic E-state index is 9.43. The molecule has 1 heterocycles. The van der Waals surface area contributed by atoms with Crippen molar-refractivity contribution in [2.45, 2.75) is 25.7 Å². The topological polar surface area (TPSA) is 23.5 Å². The molecule has 2 rings (SSSR count). The first kappa shape index (κ1) is 12.6. The first-order chi connectivity index (χ1) is 8.11. The third kappa shape index (κ3) is 2.70. The van der Waals surface area contributed by atoms with E-state index in [1.54, 1.807) is 0 Å². The standard InChI is InChI=1S/C15H23NO/c1-11(2)12-4-6-13(7-5-12)15-9-16(3)8-14(15)10-17/h4-7,11,14-15,17H,8-10H2,1-3H3/t14-,15+/m1/s1. The second-order valence-electron chi connectivity index (χ2n) is 5.59. The minimum atomic E-state index is 0.293. The van der Waals surface area contributed by atoms with Gasteiger partial charge in [-0.1, -0.05) is 38.1 Å². The maximum atomic E-state index is 9.43. The molecule has 0 amide bonds. The molecule has 2 atom stereocenters. The zero-order valence-electron chi connectivity index (χ0n) is 11.1. The summed E-state index contributed by atoms with van der Waals surface area (Å²) in [5.74, 6) is 1.47. The van der Waals surface area contributed by atoms with E-state index < -0.39 is 0 Å². The highest BCUT2D eigenvalue weighted by molar-refractivity contribution is 5.28. The summed E-state index contributed by atoms with van der Waals surface area (Å²) in [5, 5.41) is 9.43. The summed E-state index contributed by atoms with van der Waals surface area (Å²) >= 11 is 0. The Hall–Kier alpha value is -0.860. The van der Waals surface area contributed by atoms with Gasteiger partial charge in [-0.05, 0) is 24.1 Å². The predicted octanol–water partition coefficient (Wildman–Crippen LogP) is 2.45. The number of likely N-dealkylation sites (N-methyl/N-ethyl adjacent to an activating group) is 1. The molecule has 1 aliphatic rings. The van der Waals surface area contributed by atoms with E-state index in [1.165, 1.54) is 11.1 Å². The van der Waals surface area contributed by atoms with Crippen LogP contribution in [0, 0.1) is 5.92 Å². The van der Waals surface area contributed by atoms with Gasteiger partial charge in [0.25, 0.3) is 0 Å². The van der Waals surface area contributed by atoms with Gasteiger partial charge in [-0.3, -0.25) is 0 Å². The van der Waals surface area contributed by atoms with Crippen molar-refractivity contribution in [3.8, 4) is 0 Å². The Balaban J connectivity index is 2.16. The smallest absolute Gasteiger partial charge is 0.0477 e. The van der Waals surface area contributed by atoms with Gasteiger partial charge in [0.15, 0.2) is 0 Å². The fourth-order valence-electron chi connectivity index (χ4n) is 2.78. The van der Waals surface area contributed by atoms with E-state index in [4.69, 9.17) is 0 Å². The molecule has 2 heteroatoms. The summed E-state index contributed by atoms with van der Waals surface area (Å²) in [5.41, 5.74) is 2.76. The van der Waals surface area contributed by atoms with Crippen molar-refractivity contribution in [2.24, 2.45) is 5.92 Å². The van der Waals surface area contributed by atoms with E-state index in [1.807, 2.05) is 0 Å². The number of hydrogen-bond acceptors (Lipinski definition) is 2. The number of benzene rings is 1. The summed E-state index contributed by atoms with van der Waals surface area (Å²) in [6.45, 7) is 6.80. The van der Waals surface area contributed by atoms with E-state index in [2.05, 4.69) is 50.1 Å². The average molecular weight is 233 g/mol. The van der Waals surface area contributed by atoms with Crippen LogP contribution in [0.4, 0.5) is 0 Å². The van der Waals surface area contributed by atoms with Gasteiger partial charge < -0.3 is 10.0 Å². The van der Waals surface area contributed by atoms with Crippen LogP contribution in [0.2, 0.25) is 0 Å². The minimum Gasteiger partial charge on any atom is -0.396 e. The summed E-state index contributed by atoms with van der Waals surface area (Å²) in [6, 6.07) is 8.93. The number of hydrogen-bond donors (Lipinski definition) is 1. The van der Waals surface area contributed by atoms with Crippen molar-refractivity contribution in [3.63, 3.8) is 0 Å². The lowest BCUT2D eigenvalue weighted by Gasteiger charge is -2.17. The highest BCUT2D eigenvalue weighted by atomic mass is 16.3. The first-order valence-electron chi connectivity index (χ1n) is 6.51. The van der Waals surface area contributed by atoms with Crippen molar-refractivity contribution in [2.75, 3.05) is 26.7 Å². The van der Waals surface area contributed by atoms with Crippen molar-refractivity contribution >= 4 is 0 Å². The molecule has 1 aliphatic heterocycles. The van der Waals surface area contributed by atoms with Crippen LogP contribution in [0.1, 0.15) is 36.8 Å². The van der Waals surface area contributed by atoms with Gasteiger partial charge in [-0.25, -0.2) is 0 Å². The Morgan fingerprint density at radius 2 is 1.88 bits per heavy atom. The highest BCUT2D eigenvalue weighted by Crippen LogP contribution is 2.32. The molecule has 1 fully saturated rings. The van der Waals surface area contributed by atoms with Gasteiger partial charge in [-0.15, -0.1) is 0 Å². The molecule has 0 saturated carbocycles. The van der Waals surface area contributed by atoms with Crippen LogP contribution in [0.25, 0.3) is 0 Å². The number of rotatable bonds is 3. The van der Waals surface area contributed by atoms with E-state index in [9.17, 15) is 5.11 Å². The monoisotopic (exact) mass is 233 g/mol. The van der Waals surface area contributed by atoms with Crippen LogP contribution in [0.5, 0.6) is 0 Å². The predicted molar refractivity (Wildman–Crippen MR) is 71.3 cm³/mol. The number of aliphatic hydroxyl groups is 1. The molecule has 17 heavy (non-hydrogen) atoms. The zero-order chi connectivity index (χ0) is 12.4. The number of nitrogens with zero attached hydrogens (tertiary/aromatic N) is 1. The van der Waals surface area contributed by atoms with Crippen LogP contribution in [-0.2, 0) is 0 Å². The van der Waals surface area contributed by atoms with Gasteiger partial charge in [-0.2, -0.15) is 0 Å². The Morgan fingerprint density at radius 3 is 2.41 bits per heavy atom. The van der Waals surface area contributed by atoms with Crippen LogP contribution in [0.3, 0.4) is 0 Å². The molecule has 1 N–H and O–H groups in total. The third-order valence-corrected chi connectivity index (χ3v) is 3.89. The quantitative estimate of drug-likeness (QED) is 0.867. The number of aliphatic hydroxyl groups excluding tert-OH is 1. The second-order valence-corrected chi connectivity index (χ2v) is 5.59. The molecule has 0 bridgehead atoms. The van der Waals surface area contributed by atoms with Crippen LogP contribution < -0.4 is 0 Å². The highest BCUT2D eigenvalue weighted by Gasteiger charge is 2.31. The van der Waals surface area contributed by atoms with Crippen molar-refractivity contribution in [3.05, 3.63) is 35.4 Å². The zero-order valence-corrected chi connectivity index (χ0v) is 11.1. The van der Waals surface area contributed by atoms with Crippen molar-refractivity contribution in [1.82, 2.24) is 4.90 Å². The first-order valence-corrected chi connectivity index (χ1v) is 6.51. The van der Waals surface area contributed by atoms with Crippen molar-refractivity contribution in [1.29, 1.82) is 0 Å². The summed E-state index contributed by atoms with van der Waals surface area (Å²) in [7, 11) is 2.13. The molecule has 0 aliphatic carbocycles. The molecule has 2 nitrogen and oxygen atoms in total. The molecule has 94 valence electrons. The molecule has 0 unspecified atom stereocenters. The molecular formula is C15H23NO. The normalized spacial score (nSPS) is 25.7. The summed E-state index contributed by atoms with van der Waals surface area (Å²) in [4.78, 5) is 2.31. The fourth-order valence-corrected chi connectivity index (χ4v) is 2.78. The van der Waals surface area contributed by atoms with E-state index in [0.29, 0.717) is 24.4 Å². The van der Waals surface area contributed by atoms with Gasteiger partial charge in [0, 0.05) is 31.5 Å². The van der Waals surface area contributed by atoms with Crippen LogP contribution >= 0.6 is 0 Å². The number of likely N-dealkylation sites (tertiary alicyclic amines) is 1. The molecule has 0 spiro atoms. The SMILES string of the molecule is CC(C)c1ccc([C@@H]2CN(C)C[C@@H]2CO)cc1. The average Bonchev–Trinajstić information content (AvgIpc) is 2.70. The molecule has 0 aromatic heterocycles. The molecular weight excluding hydrogens is 210 g/mol. The van der Waals surface area contributed by atoms with Crippen molar-refractivity contribution < 1.29 is 5.11 Å². The van der Waals surface area contributed by atoms with Gasteiger partial charge >= 0.3 is 0 Å². The molecule has 1 aromatic carbocycles. The Morgan fingerprint density at radius 1 is 1.24 bits per heavy atom. The Bertz CT molecular complexity index is 358. The van der Waals surface area contributed by atoms with E-state index in [-0.39, 0.29) is 0 Å². The Labute approximate surface area is 104 Å². The second kappa shape index (κ2) is 5.19. The Kier molecular flexibility index (Phi) is 3.85. The van der Waals surface area contributed by atoms with E-state index >= 15 is 0 Å². The van der Waals surface area contributed by atoms with Crippen LogP contribution in [0.15, 0.2) is 24.3 Å². The molecule has 1 aromatic rings. The third-order valence-electron chi connectivity index (χ3n) is 3.89. The lowest BCUT2D eigenvalue weighted by Crippen LogP contribution is -2.15. The maximum Gasteiger partial charge on any atom is 0.0477 e. The van der Waals surface area contributed by atoms with Gasteiger partial charge in [0.05, 0.1) is 0 Å².